The first-order valence-corrected chi connectivity index (χ1v) is 6.78. The maximum absolute atomic E-state index is 10.8. The molecule has 2 atom stereocenters. The van der Waals surface area contributed by atoms with Gasteiger partial charge in [0.2, 0.25) is 0 Å². The molecule has 0 aliphatic carbocycles. The Morgan fingerprint density at radius 2 is 2.16 bits per heavy atom. The summed E-state index contributed by atoms with van der Waals surface area (Å²) < 4.78 is 0.435. The maximum atomic E-state index is 10.8. The van der Waals surface area contributed by atoms with Gasteiger partial charge in [-0.3, -0.25) is 10.1 Å². The number of rotatable bonds is 6. The zero-order valence-electron chi connectivity index (χ0n) is 10.5. The lowest BCUT2D eigenvalue weighted by molar-refractivity contribution is -0.386. The van der Waals surface area contributed by atoms with Crippen molar-refractivity contribution in [3.8, 4) is 5.75 Å². The molecule has 0 saturated carbocycles. The highest BCUT2D eigenvalue weighted by molar-refractivity contribution is 9.10. The van der Waals surface area contributed by atoms with Gasteiger partial charge in [0.25, 0.3) is 0 Å². The Hall–Kier alpha value is -1.18. The fourth-order valence-corrected chi connectivity index (χ4v) is 2.26. The van der Waals surface area contributed by atoms with E-state index in [0.29, 0.717) is 10.9 Å². The molecule has 0 saturated heterocycles. The van der Waals surface area contributed by atoms with Crippen molar-refractivity contribution in [2.24, 2.45) is 5.73 Å². The van der Waals surface area contributed by atoms with Gasteiger partial charge in [-0.25, -0.2) is 0 Å². The highest BCUT2D eigenvalue weighted by atomic mass is 79.9. The predicted octanol–water partition coefficient (Wildman–Crippen LogP) is 2.61. The van der Waals surface area contributed by atoms with Crippen molar-refractivity contribution in [2.45, 2.75) is 38.3 Å². The molecule has 1 aromatic carbocycles. The van der Waals surface area contributed by atoms with Crippen LogP contribution < -0.4 is 5.73 Å². The highest BCUT2D eigenvalue weighted by Gasteiger charge is 2.25. The number of aliphatic hydroxyl groups excluding tert-OH is 1. The van der Waals surface area contributed by atoms with E-state index in [4.69, 9.17) is 5.73 Å². The number of benzene rings is 1. The number of nitro benzene ring substituents is 1. The lowest BCUT2D eigenvalue weighted by Gasteiger charge is -2.20. The van der Waals surface area contributed by atoms with Gasteiger partial charge in [-0.05, 0) is 12.5 Å². The minimum absolute atomic E-state index is 0.171. The van der Waals surface area contributed by atoms with Gasteiger partial charge in [0.1, 0.15) is 0 Å². The molecule has 0 radical (unpaired) electrons. The first-order chi connectivity index (χ1) is 8.88. The molecule has 0 heterocycles. The average Bonchev–Trinajstić information content (AvgIpc) is 2.37. The van der Waals surface area contributed by atoms with Crippen LogP contribution in [-0.4, -0.2) is 21.2 Å². The second-order valence-electron chi connectivity index (χ2n) is 4.36. The molecule has 19 heavy (non-hydrogen) atoms. The number of aliphatic hydroxyl groups is 1. The zero-order chi connectivity index (χ0) is 14.6. The van der Waals surface area contributed by atoms with Gasteiger partial charge in [0.05, 0.1) is 17.1 Å². The summed E-state index contributed by atoms with van der Waals surface area (Å²) in [6, 6.07) is 1.83. The van der Waals surface area contributed by atoms with E-state index in [-0.39, 0.29) is 5.56 Å². The Morgan fingerprint density at radius 3 is 2.68 bits per heavy atom. The van der Waals surface area contributed by atoms with Crippen LogP contribution in [0.5, 0.6) is 5.75 Å². The minimum Gasteiger partial charge on any atom is -0.502 e. The number of hydrogen-bond donors (Lipinski definition) is 3. The molecule has 0 bridgehead atoms. The van der Waals surface area contributed by atoms with Crippen molar-refractivity contribution >= 4 is 21.6 Å². The van der Waals surface area contributed by atoms with Gasteiger partial charge in [-0.15, -0.1) is 0 Å². The van der Waals surface area contributed by atoms with Crippen molar-refractivity contribution < 1.29 is 15.1 Å². The van der Waals surface area contributed by atoms with Crippen molar-refractivity contribution in [2.75, 3.05) is 0 Å². The van der Waals surface area contributed by atoms with E-state index in [0.717, 1.165) is 12.8 Å². The summed E-state index contributed by atoms with van der Waals surface area (Å²) in [4.78, 5) is 10.1. The zero-order valence-corrected chi connectivity index (χ0v) is 12.1. The SMILES string of the molecule is CCCC[C@H](O)[C@H](N)c1cc(Br)cc([N+](=O)[O-])c1O. The summed E-state index contributed by atoms with van der Waals surface area (Å²) in [7, 11) is 0. The number of halogens is 1. The summed E-state index contributed by atoms with van der Waals surface area (Å²) in [6.07, 6.45) is 1.34. The van der Waals surface area contributed by atoms with Crippen LogP contribution in [0.25, 0.3) is 0 Å². The van der Waals surface area contributed by atoms with Crippen LogP contribution in [0.2, 0.25) is 0 Å². The lowest BCUT2D eigenvalue weighted by atomic mass is 9.97. The molecule has 1 aromatic rings. The number of aromatic hydroxyl groups is 1. The average molecular weight is 333 g/mol. The minimum atomic E-state index is -0.859. The molecular formula is C12H17BrN2O4. The fraction of sp³-hybridized carbons (Fsp3) is 0.500. The third-order valence-electron chi connectivity index (χ3n) is 2.91. The third kappa shape index (κ3) is 3.89. The molecular weight excluding hydrogens is 316 g/mol. The number of hydrogen-bond acceptors (Lipinski definition) is 5. The molecule has 0 unspecified atom stereocenters. The van der Waals surface area contributed by atoms with E-state index >= 15 is 0 Å². The summed E-state index contributed by atoms with van der Waals surface area (Å²) in [6.45, 7) is 1.99. The second-order valence-corrected chi connectivity index (χ2v) is 5.27. The third-order valence-corrected chi connectivity index (χ3v) is 3.37. The van der Waals surface area contributed by atoms with Crippen molar-refractivity contribution in [1.29, 1.82) is 0 Å². The smallest absolute Gasteiger partial charge is 0.312 e. The molecule has 106 valence electrons. The van der Waals surface area contributed by atoms with Crippen LogP contribution in [0.1, 0.15) is 37.8 Å². The first kappa shape index (κ1) is 15.9. The number of phenols is 1. The molecule has 0 aliphatic heterocycles. The Morgan fingerprint density at radius 1 is 1.53 bits per heavy atom. The van der Waals surface area contributed by atoms with Gasteiger partial charge >= 0.3 is 5.69 Å². The monoisotopic (exact) mass is 332 g/mol. The van der Waals surface area contributed by atoms with E-state index in [1.807, 2.05) is 6.92 Å². The largest absolute Gasteiger partial charge is 0.502 e. The van der Waals surface area contributed by atoms with Crippen LogP contribution in [-0.2, 0) is 0 Å². The van der Waals surface area contributed by atoms with E-state index in [1.54, 1.807) is 0 Å². The Balaban J connectivity index is 3.08. The van der Waals surface area contributed by atoms with Crippen LogP contribution >= 0.6 is 15.9 Å². The van der Waals surface area contributed by atoms with Crippen LogP contribution in [0.4, 0.5) is 5.69 Å². The molecule has 0 aliphatic rings. The second kappa shape index (κ2) is 6.83. The summed E-state index contributed by atoms with van der Waals surface area (Å²) in [5.74, 6) is -0.490. The van der Waals surface area contributed by atoms with Crippen molar-refractivity contribution in [3.05, 3.63) is 32.3 Å². The van der Waals surface area contributed by atoms with Crippen LogP contribution in [0, 0.1) is 10.1 Å². The molecule has 0 fully saturated rings. The Bertz CT molecular complexity index is 467. The Kier molecular flexibility index (Phi) is 5.71. The Labute approximate surface area is 119 Å². The highest BCUT2D eigenvalue weighted by Crippen LogP contribution is 2.37. The molecule has 0 aromatic heterocycles. The molecule has 6 nitrogen and oxygen atoms in total. The van der Waals surface area contributed by atoms with Gasteiger partial charge in [-0.2, -0.15) is 0 Å². The first-order valence-electron chi connectivity index (χ1n) is 5.98. The van der Waals surface area contributed by atoms with E-state index in [1.165, 1.54) is 12.1 Å². The fourth-order valence-electron chi connectivity index (χ4n) is 1.80. The number of nitrogens with zero attached hydrogens (tertiary/aromatic N) is 1. The van der Waals surface area contributed by atoms with Crippen LogP contribution in [0.15, 0.2) is 16.6 Å². The van der Waals surface area contributed by atoms with Gasteiger partial charge in [0.15, 0.2) is 5.75 Å². The predicted molar refractivity (Wildman–Crippen MR) is 74.9 cm³/mol. The summed E-state index contributed by atoms with van der Waals surface area (Å²) >= 11 is 3.13. The molecule has 0 spiro atoms. The topological polar surface area (TPSA) is 110 Å². The maximum Gasteiger partial charge on any atom is 0.312 e. The molecule has 7 heteroatoms. The number of nitrogens with two attached hydrogens (primary N) is 1. The molecule has 0 amide bonds. The van der Waals surface area contributed by atoms with Crippen molar-refractivity contribution in [3.63, 3.8) is 0 Å². The number of phenolic OH excluding ortho intramolecular Hbond substituents is 1. The quantitative estimate of drug-likeness (QED) is 0.547. The van der Waals surface area contributed by atoms with Crippen molar-refractivity contribution in [1.82, 2.24) is 0 Å². The normalized spacial score (nSPS) is 14.1. The van der Waals surface area contributed by atoms with E-state index in [2.05, 4.69) is 15.9 Å². The standard InChI is InChI=1S/C12H17BrN2O4/c1-2-3-4-10(16)11(14)8-5-7(13)6-9(12(8)17)15(18)19/h5-6,10-11,16-17H,2-4,14H2,1H3/t10-,11+/m0/s1. The van der Waals surface area contributed by atoms with Gasteiger partial charge < -0.3 is 15.9 Å². The van der Waals surface area contributed by atoms with E-state index in [9.17, 15) is 20.3 Å². The lowest BCUT2D eigenvalue weighted by Crippen LogP contribution is -2.26. The van der Waals surface area contributed by atoms with Gasteiger partial charge in [-0.1, -0.05) is 35.7 Å². The molecule has 1 rings (SSSR count). The van der Waals surface area contributed by atoms with Gasteiger partial charge in [0, 0.05) is 16.1 Å². The van der Waals surface area contributed by atoms with Crippen LogP contribution in [0.3, 0.4) is 0 Å². The molecule has 4 N–H and O–H groups in total. The van der Waals surface area contributed by atoms with E-state index < -0.39 is 28.5 Å². The summed E-state index contributed by atoms with van der Waals surface area (Å²) in [5, 5.41) is 30.6. The number of unbranched alkanes of at least 4 members (excludes halogenated alkanes) is 1. The summed E-state index contributed by atoms with van der Waals surface area (Å²) in [5.41, 5.74) is 5.61. The number of nitro groups is 1.